The number of rotatable bonds is 8. The predicted molar refractivity (Wildman–Crippen MR) is 153 cm³/mol. The van der Waals surface area contributed by atoms with Gasteiger partial charge in [-0.1, -0.05) is 40.6 Å². The maximum Gasteiger partial charge on any atom is 0.338 e. The zero-order valence-corrected chi connectivity index (χ0v) is 25.1. The van der Waals surface area contributed by atoms with Crippen molar-refractivity contribution in [3.05, 3.63) is 91.5 Å². The van der Waals surface area contributed by atoms with Crippen LogP contribution in [0.25, 0.3) is 6.08 Å². The molecule has 1 atom stereocenters. The highest BCUT2D eigenvalue weighted by Crippen LogP contribution is 2.38. The summed E-state index contributed by atoms with van der Waals surface area (Å²) in [5, 5.41) is 21.9. The second-order valence-corrected chi connectivity index (χ2v) is 11.2. The summed E-state index contributed by atoms with van der Waals surface area (Å²) in [7, 11) is 1.50. The normalized spacial score (nSPS) is 15.1. The first kappa shape index (κ1) is 28.7. The zero-order valence-electron chi connectivity index (χ0n) is 21.1. The highest BCUT2D eigenvalue weighted by Gasteiger charge is 2.36. The van der Waals surface area contributed by atoms with Gasteiger partial charge in [0.15, 0.2) is 4.80 Å². The van der Waals surface area contributed by atoms with Gasteiger partial charge in [-0.15, -0.1) is 0 Å². The Bertz CT molecular complexity index is 1690. The van der Waals surface area contributed by atoms with Gasteiger partial charge >= 0.3 is 5.97 Å². The van der Waals surface area contributed by atoms with Gasteiger partial charge < -0.3 is 14.6 Å². The fourth-order valence-corrected chi connectivity index (χ4v) is 6.15. The van der Waals surface area contributed by atoms with E-state index in [0.29, 0.717) is 39.1 Å². The quantitative estimate of drug-likeness (QED) is 0.207. The Morgan fingerprint density at radius 3 is 2.67 bits per heavy atom. The van der Waals surface area contributed by atoms with Gasteiger partial charge in [-0.25, -0.2) is 9.79 Å². The van der Waals surface area contributed by atoms with Crippen molar-refractivity contribution in [2.24, 2.45) is 4.99 Å². The molecule has 0 amide bonds. The Morgan fingerprint density at radius 1 is 1.28 bits per heavy atom. The first-order chi connectivity index (χ1) is 18.6. The second kappa shape index (κ2) is 11.8. The minimum atomic E-state index is -0.915. The lowest BCUT2D eigenvalue weighted by Crippen LogP contribution is -2.40. The molecule has 0 saturated heterocycles. The third-order valence-electron chi connectivity index (χ3n) is 5.95. The smallest absolute Gasteiger partial charge is 0.338 e. The molecule has 0 radical (unpaired) electrons. The van der Waals surface area contributed by atoms with Gasteiger partial charge in [0, 0.05) is 27.7 Å². The molecule has 13 heteroatoms. The van der Waals surface area contributed by atoms with Crippen LogP contribution >= 0.6 is 43.2 Å². The van der Waals surface area contributed by atoms with E-state index in [-0.39, 0.29) is 38.2 Å². The van der Waals surface area contributed by atoms with Crippen molar-refractivity contribution < 1.29 is 24.3 Å². The van der Waals surface area contributed by atoms with E-state index in [1.807, 2.05) is 6.92 Å². The number of nitrogens with zero attached hydrogens (tertiary/aromatic N) is 3. The number of methoxy groups -OCH3 is 1. The fourth-order valence-electron chi connectivity index (χ4n) is 4.30. The van der Waals surface area contributed by atoms with Crippen molar-refractivity contribution in [2.45, 2.75) is 32.7 Å². The number of phenolic OH excluding ortho intramolecular Hbond substituents is 1. The number of hydrogen-bond acceptors (Lipinski definition) is 9. The number of benzene rings is 2. The van der Waals surface area contributed by atoms with Crippen LogP contribution in [0.15, 0.2) is 60.3 Å². The predicted octanol–water partition coefficient (Wildman–Crippen LogP) is 4.73. The van der Waals surface area contributed by atoms with Crippen molar-refractivity contribution in [3.8, 4) is 11.5 Å². The summed E-state index contributed by atoms with van der Waals surface area (Å²) in [5.41, 5.74) is 0.602. The zero-order chi connectivity index (χ0) is 28.4. The number of nitro groups is 1. The van der Waals surface area contributed by atoms with Crippen molar-refractivity contribution in [3.63, 3.8) is 0 Å². The molecule has 0 aliphatic carbocycles. The molecule has 39 heavy (non-hydrogen) atoms. The Morgan fingerprint density at radius 2 is 2.03 bits per heavy atom. The van der Waals surface area contributed by atoms with Crippen LogP contribution in [0, 0.1) is 10.1 Å². The maximum absolute atomic E-state index is 13.9. The second-order valence-electron chi connectivity index (χ2n) is 8.42. The topological polar surface area (TPSA) is 133 Å². The van der Waals surface area contributed by atoms with Gasteiger partial charge in [-0.05, 0) is 53.5 Å². The largest absolute Gasteiger partial charge is 0.506 e. The number of thiazole rings is 1. The van der Waals surface area contributed by atoms with Crippen LogP contribution < -0.4 is 19.6 Å². The number of carbonyl (C=O) groups excluding carboxylic acids is 1. The molecule has 0 bridgehead atoms. The summed E-state index contributed by atoms with van der Waals surface area (Å²) < 4.78 is 13.4. The van der Waals surface area contributed by atoms with Crippen LogP contribution in [-0.4, -0.2) is 34.3 Å². The van der Waals surface area contributed by atoms with Crippen molar-refractivity contribution in [1.82, 2.24) is 4.57 Å². The summed E-state index contributed by atoms with van der Waals surface area (Å²) in [6.45, 7) is 3.79. The number of hydrogen-bond donors (Lipinski definition) is 1. The summed E-state index contributed by atoms with van der Waals surface area (Å²) in [5.74, 6) is -0.389. The van der Waals surface area contributed by atoms with E-state index >= 15 is 0 Å². The molecule has 1 aromatic heterocycles. The summed E-state index contributed by atoms with van der Waals surface area (Å²) in [6.07, 6.45) is 2.53. The Hall–Kier alpha value is -3.29. The van der Waals surface area contributed by atoms with E-state index in [9.17, 15) is 24.8 Å². The maximum atomic E-state index is 13.9. The number of aromatic hydroxyl groups is 1. The van der Waals surface area contributed by atoms with Gasteiger partial charge in [0.25, 0.3) is 11.2 Å². The lowest BCUT2D eigenvalue weighted by atomic mass is 9.93. The molecule has 0 spiro atoms. The molecule has 1 N–H and O–H groups in total. The number of ether oxygens (including phenoxy) is 2. The van der Waals surface area contributed by atoms with Crippen LogP contribution in [-0.2, 0) is 9.53 Å². The third kappa shape index (κ3) is 5.56. The fraction of sp³-hybridized carbons (Fsp3) is 0.269. The van der Waals surface area contributed by atoms with E-state index in [0.717, 1.165) is 11.3 Å². The van der Waals surface area contributed by atoms with E-state index < -0.39 is 22.5 Å². The average Bonchev–Trinajstić information content (AvgIpc) is 3.20. The summed E-state index contributed by atoms with van der Waals surface area (Å²) >= 11 is 7.66. The van der Waals surface area contributed by atoms with Crippen LogP contribution in [0.3, 0.4) is 0 Å². The van der Waals surface area contributed by atoms with Gasteiger partial charge in [-0.2, -0.15) is 0 Å². The standard InChI is InChI=1S/C26H23Br2N3O7S/c1-4-6-18-21(25(34)38-5-2)22(16-11-14(27)7-8-19(16)37-3)30-24(33)20(39-26(30)29-18)10-13-9-15(31(35)36)12-17(28)23(13)32/h7-12,22,32H,4-6H2,1-3H3/b20-10+/t22-/m1/s1. The SMILES string of the molecule is CCCC1=C(C(=O)OCC)[C@@H](c2cc(Br)ccc2OC)n2c(s/c(=C/c3cc([N+](=O)[O-])cc(Br)c3O)c2=O)=N1. The van der Waals surface area contributed by atoms with Gasteiger partial charge in [-0.3, -0.25) is 19.5 Å². The molecule has 0 saturated carbocycles. The molecule has 0 unspecified atom stereocenters. The first-order valence-electron chi connectivity index (χ1n) is 11.8. The minimum absolute atomic E-state index is 0.0799. The molecule has 4 rings (SSSR count). The lowest BCUT2D eigenvalue weighted by Gasteiger charge is -2.27. The Kier molecular flexibility index (Phi) is 8.72. The third-order valence-corrected chi connectivity index (χ3v) is 8.03. The van der Waals surface area contributed by atoms with Crippen LogP contribution in [0.1, 0.15) is 43.9 Å². The molecule has 204 valence electrons. The monoisotopic (exact) mass is 679 g/mol. The number of halogens is 2. The van der Waals surface area contributed by atoms with Gasteiger partial charge in [0.05, 0.1) is 38.9 Å². The first-order valence-corrected chi connectivity index (χ1v) is 14.2. The molecule has 3 aromatic rings. The minimum Gasteiger partial charge on any atom is -0.506 e. The van der Waals surface area contributed by atoms with Crippen LogP contribution in [0.4, 0.5) is 5.69 Å². The van der Waals surface area contributed by atoms with Gasteiger partial charge in [0.2, 0.25) is 0 Å². The molecule has 2 heterocycles. The molecule has 10 nitrogen and oxygen atoms in total. The summed E-state index contributed by atoms with van der Waals surface area (Å²) in [4.78, 5) is 43.1. The number of carbonyl (C=O) groups is 1. The van der Waals surface area contributed by atoms with E-state index in [1.54, 1.807) is 25.1 Å². The van der Waals surface area contributed by atoms with E-state index in [4.69, 9.17) is 14.5 Å². The highest BCUT2D eigenvalue weighted by molar-refractivity contribution is 9.10. The molecule has 1 aliphatic rings. The van der Waals surface area contributed by atoms with Gasteiger partial charge in [0.1, 0.15) is 17.5 Å². The van der Waals surface area contributed by atoms with Crippen molar-refractivity contribution >= 4 is 60.9 Å². The number of allylic oxidation sites excluding steroid dienone is 1. The number of phenols is 1. The number of aromatic nitrogens is 1. The summed E-state index contributed by atoms with van der Waals surface area (Å²) in [6, 6.07) is 6.74. The van der Waals surface area contributed by atoms with E-state index in [2.05, 4.69) is 31.9 Å². The molecular weight excluding hydrogens is 658 g/mol. The van der Waals surface area contributed by atoms with Crippen LogP contribution in [0.5, 0.6) is 11.5 Å². The molecular formula is C26H23Br2N3O7S. The van der Waals surface area contributed by atoms with Crippen LogP contribution in [0.2, 0.25) is 0 Å². The highest BCUT2D eigenvalue weighted by atomic mass is 79.9. The Labute approximate surface area is 243 Å². The number of esters is 1. The molecule has 1 aliphatic heterocycles. The molecule has 0 fully saturated rings. The lowest BCUT2D eigenvalue weighted by molar-refractivity contribution is -0.385. The molecule has 2 aromatic carbocycles. The number of non-ortho nitro benzene ring substituents is 1. The van der Waals surface area contributed by atoms with Crippen molar-refractivity contribution in [1.29, 1.82) is 0 Å². The number of nitro benzene ring substituents is 1. The van der Waals surface area contributed by atoms with Crippen molar-refractivity contribution in [2.75, 3.05) is 13.7 Å². The number of fused-ring (bicyclic) bond motifs is 1. The van der Waals surface area contributed by atoms with E-state index in [1.165, 1.54) is 29.9 Å². The Balaban J connectivity index is 2.07. The average molecular weight is 681 g/mol.